The van der Waals surface area contributed by atoms with Crippen molar-refractivity contribution >= 4 is 12.0 Å². The van der Waals surface area contributed by atoms with Crippen LogP contribution in [0, 0.1) is 0 Å². The summed E-state index contributed by atoms with van der Waals surface area (Å²) in [4.78, 5) is 12.4. The zero-order valence-electron chi connectivity index (χ0n) is 14.4. The highest BCUT2D eigenvalue weighted by Crippen LogP contribution is 2.35. The summed E-state index contributed by atoms with van der Waals surface area (Å²) in [6, 6.07) is 8.13. The zero-order chi connectivity index (χ0) is 16.7. The first kappa shape index (κ1) is 17.5. The molecule has 0 saturated carbocycles. The van der Waals surface area contributed by atoms with Gasteiger partial charge < -0.3 is 4.74 Å². The summed E-state index contributed by atoms with van der Waals surface area (Å²) >= 11 is 0. The third kappa shape index (κ3) is 4.57. The van der Waals surface area contributed by atoms with Crippen LogP contribution < -0.4 is 0 Å². The van der Waals surface area contributed by atoms with E-state index >= 15 is 0 Å². The lowest BCUT2D eigenvalue weighted by Gasteiger charge is -2.19. The number of carbonyl (C=O) groups is 1. The van der Waals surface area contributed by atoms with Gasteiger partial charge in [-0.3, -0.25) is 0 Å². The molecule has 23 heavy (non-hydrogen) atoms. The van der Waals surface area contributed by atoms with E-state index in [1.807, 2.05) is 18.2 Å². The van der Waals surface area contributed by atoms with Crippen molar-refractivity contribution in [2.24, 2.45) is 0 Å². The Labute approximate surface area is 140 Å². The average molecular weight is 312 g/mol. The number of rotatable bonds is 9. The number of ether oxygens (including phenoxy) is 1. The molecule has 0 bridgehead atoms. The van der Waals surface area contributed by atoms with Gasteiger partial charge in [0.1, 0.15) is 6.10 Å². The van der Waals surface area contributed by atoms with Crippen molar-refractivity contribution in [1.29, 1.82) is 0 Å². The van der Waals surface area contributed by atoms with E-state index in [1.165, 1.54) is 19.3 Å². The maximum atomic E-state index is 12.4. The highest BCUT2D eigenvalue weighted by Gasteiger charge is 2.26. The summed E-state index contributed by atoms with van der Waals surface area (Å²) in [6.45, 7) is 8.28. The second-order valence-corrected chi connectivity index (χ2v) is 6.28. The van der Waals surface area contributed by atoms with Crippen LogP contribution in [-0.2, 0) is 9.53 Å². The second kappa shape index (κ2) is 8.71. The highest BCUT2D eigenvalue weighted by molar-refractivity contribution is 5.91. The van der Waals surface area contributed by atoms with Gasteiger partial charge in [0.2, 0.25) is 0 Å². The van der Waals surface area contributed by atoms with Crippen molar-refractivity contribution in [3.8, 4) is 0 Å². The van der Waals surface area contributed by atoms with Gasteiger partial charge in [-0.05, 0) is 30.4 Å². The van der Waals surface area contributed by atoms with Crippen LogP contribution in [-0.4, -0.2) is 12.1 Å². The molecule has 1 aromatic carbocycles. The zero-order valence-corrected chi connectivity index (χ0v) is 14.4. The molecule has 2 nitrogen and oxygen atoms in total. The van der Waals surface area contributed by atoms with Crippen LogP contribution in [0.3, 0.4) is 0 Å². The number of esters is 1. The van der Waals surface area contributed by atoms with Gasteiger partial charge in [0.05, 0.1) is 0 Å². The molecule has 0 aliphatic heterocycles. The normalized spacial score (nSPS) is 16.9. The van der Waals surface area contributed by atoms with Gasteiger partial charge >= 0.3 is 5.97 Å². The molecule has 1 aliphatic rings. The molecule has 1 aromatic rings. The standard InChI is InChI=1S/C21H28O2/c1-4-6-7-8-12-18(5-2)23-21(22)16(3)19-15-14-17-11-9-10-13-20(17)19/h9-11,13-15,18-19H,3-8,12H2,1-2H3. The summed E-state index contributed by atoms with van der Waals surface area (Å²) in [7, 11) is 0. The molecule has 124 valence electrons. The summed E-state index contributed by atoms with van der Waals surface area (Å²) < 4.78 is 5.70. The van der Waals surface area contributed by atoms with Gasteiger partial charge in [0.25, 0.3) is 0 Å². The fraction of sp³-hybridized carbons (Fsp3) is 0.476. The second-order valence-electron chi connectivity index (χ2n) is 6.28. The van der Waals surface area contributed by atoms with Crippen LogP contribution in [0.15, 0.2) is 42.5 Å². The Morgan fingerprint density at radius 2 is 2.00 bits per heavy atom. The summed E-state index contributed by atoms with van der Waals surface area (Å²) in [5, 5.41) is 0. The molecule has 2 unspecified atom stereocenters. The Kier molecular flexibility index (Phi) is 6.64. The minimum absolute atomic E-state index is 0.0109. The average Bonchev–Trinajstić information content (AvgIpc) is 3.00. The molecule has 1 aliphatic carbocycles. The van der Waals surface area contributed by atoms with Crippen LogP contribution in [0.4, 0.5) is 0 Å². The summed E-state index contributed by atoms with van der Waals surface area (Å²) in [6.07, 6.45) is 10.7. The Morgan fingerprint density at radius 3 is 2.74 bits per heavy atom. The van der Waals surface area contributed by atoms with Crippen molar-refractivity contribution in [2.75, 3.05) is 0 Å². The number of hydrogen-bond acceptors (Lipinski definition) is 2. The van der Waals surface area contributed by atoms with E-state index in [4.69, 9.17) is 4.74 Å². The molecular formula is C21H28O2. The monoisotopic (exact) mass is 312 g/mol. The molecule has 0 heterocycles. The van der Waals surface area contributed by atoms with Crippen LogP contribution in [0.1, 0.15) is 69.4 Å². The summed E-state index contributed by atoms with van der Waals surface area (Å²) in [5.74, 6) is -0.296. The van der Waals surface area contributed by atoms with Crippen molar-refractivity contribution < 1.29 is 9.53 Å². The molecule has 0 fully saturated rings. The maximum absolute atomic E-state index is 12.4. The number of carbonyl (C=O) groups excluding carboxylic acids is 1. The lowest BCUT2D eigenvalue weighted by atomic mass is 9.94. The lowest BCUT2D eigenvalue weighted by molar-refractivity contribution is -0.145. The number of allylic oxidation sites excluding steroid dienone is 1. The first-order chi connectivity index (χ1) is 11.2. The Morgan fingerprint density at radius 1 is 1.22 bits per heavy atom. The maximum Gasteiger partial charge on any atom is 0.334 e. The molecule has 0 amide bonds. The minimum Gasteiger partial charge on any atom is -0.459 e. The predicted molar refractivity (Wildman–Crippen MR) is 96.3 cm³/mol. The molecule has 2 heteroatoms. The topological polar surface area (TPSA) is 26.3 Å². The quantitative estimate of drug-likeness (QED) is 0.335. The predicted octanol–water partition coefficient (Wildman–Crippen LogP) is 5.65. The van der Waals surface area contributed by atoms with E-state index in [-0.39, 0.29) is 18.0 Å². The van der Waals surface area contributed by atoms with Gasteiger partial charge in [-0.1, -0.05) is 76.1 Å². The molecule has 0 aromatic heterocycles. The molecule has 0 N–H and O–H groups in total. The first-order valence-corrected chi connectivity index (χ1v) is 8.84. The third-order valence-electron chi connectivity index (χ3n) is 4.55. The number of benzene rings is 1. The Bertz CT molecular complexity index is 571. The van der Waals surface area contributed by atoms with Gasteiger partial charge in [0.15, 0.2) is 0 Å². The van der Waals surface area contributed by atoms with E-state index in [2.05, 4.69) is 38.6 Å². The molecule has 2 atom stereocenters. The van der Waals surface area contributed by atoms with Crippen LogP contribution in [0.2, 0.25) is 0 Å². The van der Waals surface area contributed by atoms with Gasteiger partial charge in [0, 0.05) is 11.5 Å². The number of fused-ring (bicyclic) bond motifs is 1. The van der Waals surface area contributed by atoms with E-state index in [0.717, 1.165) is 30.4 Å². The van der Waals surface area contributed by atoms with Gasteiger partial charge in [-0.15, -0.1) is 0 Å². The third-order valence-corrected chi connectivity index (χ3v) is 4.55. The molecule has 0 spiro atoms. The van der Waals surface area contributed by atoms with E-state index < -0.39 is 0 Å². The van der Waals surface area contributed by atoms with Crippen molar-refractivity contribution in [3.05, 3.63) is 53.6 Å². The van der Waals surface area contributed by atoms with Crippen LogP contribution in [0.25, 0.3) is 6.08 Å². The molecule has 0 radical (unpaired) electrons. The smallest absolute Gasteiger partial charge is 0.334 e. The van der Waals surface area contributed by atoms with E-state index in [0.29, 0.717) is 5.57 Å². The molecule has 2 rings (SSSR count). The fourth-order valence-corrected chi connectivity index (χ4v) is 3.05. The van der Waals surface area contributed by atoms with Gasteiger partial charge in [-0.2, -0.15) is 0 Å². The summed E-state index contributed by atoms with van der Waals surface area (Å²) in [5.41, 5.74) is 2.85. The van der Waals surface area contributed by atoms with Crippen molar-refractivity contribution in [1.82, 2.24) is 0 Å². The van der Waals surface area contributed by atoms with E-state index in [1.54, 1.807) is 0 Å². The molecular weight excluding hydrogens is 284 g/mol. The fourth-order valence-electron chi connectivity index (χ4n) is 3.05. The Balaban J connectivity index is 1.90. The van der Waals surface area contributed by atoms with E-state index in [9.17, 15) is 4.79 Å². The lowest BCUT2D eigenvalue weighted by Crippen LogP contribution is -2.20. The SMILES string of the molecule is C=C(C(=O)OC(CC)CCCCCC)C1C=Cc2ccccc21. The first-order valence-electron chi connectivity index (χ1n) is 8.84. The van der Waals surface area contributed by atoms with Crippen LogP contribution in [0.5, 0.6) is 0 Å². The number of unbranched alkanes of at least 4 members (excludes halogenated alkanes) is 3. The highest BCUT2D eigenvalue weighted by atomic mass is 16.5. The molecule has 0 saturated heterocycles. The van der Waals surface area contributed by atoms with Gasteiger partial charge in [-0.25, -0.2) is 4.79 Å². The largest absolute Gasteiger partial charge is 0.459 e. The van der Waals surface area contributed by atoms with Crippen molar-refractivity contribution in [2.45, 2.75) is 64.4 Å². The Hall–Kier alpha value is -1.83. The van der Waals surface area contributed by atoms with Crippen molar-refractivity contribution in [3.63, 3.8) is 0 Å². The number of hydrogen-bond donors (Lipinski definition) is 0. The van der Waals surface area contributed by atoms with Crippen LogP contribution >= 0.6 is 0 Å². The minimum atomic E-state index is -0.251.